The lowest BCUT2D eigenvalue weighted by atomic mass is 9.92. The van der Waals surface area contributed by atoms with Gasteiger partial charge in [-0.1, -0.05) is 107 Å². The van der Waals surface area contributed by atoms with Crippen LogP contribution in [-0.4, -0.2) is 22.2 Å². The molecule has 5 nitrogen and oxygen atoms in total. The van der Waals surface area contributed by atoms with Gasteiger partial charge in [0.05, 0.1) is 12.4 Å². The molecule has 1 atom stereocenters. The Morgan fingerprint density at radius 2 is 1.49 bits per heavy atom. The van der Waals surface area contributed by atoms with Crippen molar-refractivity contribution in [2.24, 2.45) is 0 Å². The highest BCUT2D eigenvalue weighted by molar-refractivity contribution is 5.83. The van der Waals surface area contributed by atoms with Crippen molar-refractivity contribution >= 4 is 6.16 Å². The van der Waals surface area contributed by atoms with E-state index >= 15 is 0 Å². The molecular formula is C32H42N2O3. The molecule has 1 heterocycles. The predicted octanol–water partition coefficient (Wildman–Crippen LogP) is 9.20. The van der Waals surface area contributed by atoms with Crippen LogP contribution in [0.2, 0.25) is 0 Å². The molecule has 0 N–H and O–H groups in total. The topological polar surface area (TPSA) is 61.3 Å². The number of carbonyl (C=O) groups is 1. The number of nitrogens with zero attached hydrogens (tertiary/aromatic N) is 2. The summed E-state index contributed by atoms with van der Waals surface area (Å²) in [6.07, 6.45) is 14.8. The summed E-state index contributed by atoms with van der Waals surface area (Å²) in [7, 11) is 0. The third kappa shape index (κ3) is 9.31. The monoisotopic (exact) mass is 502 g/mol. The predicted molar refractivity (Wildman–Crippen MR) is 151 cm³/mol. The lowest BCUT2D eigenvalue weighted by molar-refractivity contribution is 0.0611. The number of unbranched alkanes of at least 4 members (excludes halogenated alkanes) is 7. The first-order chi connectivity index (χ1) is 18.1. The van der Waals surface area contributed by atoms with Crippen molar-refractivity contribution in [2.75, 3.05) is 0 Å². The maximum absolute atomic E-state index is 12.2. The SMILES string of the molecule is CCCCCCCCc1cccc(-c2ccccc2)c1-c1ncc(OC(=O)O[C@@H](C)CCCCC)cn1. The van der Waals surface area contributed by atoms with Crippen molar-refractivity contribution in [2.45, 2.75) is 97.5 Å². The number of aromatic nitrogens is 2. The number of hydrogen-bond acceptors (Lipinski definition) is 5. The number of carbonyl (C=O) groups excluding carboxylic acids is 1. The fourth-order valence-corrected chi connectivity index (χ4v) is 4.55. The molecule has 0 fully saturated rings. The van der Waals surface area contributed by atoms with Crippen molar-refractivity contribution in [1.29, 1.82) is 0 Å². The van der Waals surface area contributed by atoms with Crippen LogP contribution in [0.1, 0.15) is 90.5 Å². The maximum Gasteiger partial charge on any atom is 0.514 e. The summed E-state index contributed by atoms with van der Waals surface area (Å²) < 4.78 is 10.7. The average molecular weight is 503 g/mol. The van der Waals surface area contributed by atoms with Gasteiger partial charge in [-0.3, -0.25) is 0 Å². The van der Waals surface area contributed by atoms with E-state index in [1.165, 1.54) is 37.7 Å². The molecule has 0 spiro atoms. The summed E-state index contributed by atoms with van der Waals surface area (Å²) in [5, 5.41) is 0. The molecule has 0 saturated carbocycles. The lowest BCUT2D eigenvalue weighted by Gasteiger charge is -2.15. The second-order valence-corrected chi connectivity index (χ2v) is 9.74. The molecule has 3 rings (SSSR count). The molecule has 198 valence electrons. The van der Waals surface area contributed by atoms with Crippen LogP contribution in [0.15, 0.2) is 60.9 Å². The Bertz CT molecular complexity index is 1070. The molecule has 0 bridgehead atoms. The normalized spacial score (nSPS) is 11.8. The quantitative estimate of drug-likeness (QED) is 0.153. The Labute approximate surface area is 222 Å². The first kappa shape index (κ1) is 28.4. The Hall–Kier alpha value is -3.21. The van der Waals surface area contributed by atoms with Gasteiger partial charge >= 0.3 is 6.16 Å². The second kappa shape index (κ2) is 15.8. The van der Waals surface area contributed by atoms with E-state index in [9.17, 15) is 4.79 Å². The van der Waals surface area contributed by atoms with Gasteiger partial charge in [-0.15, -0.1) is 0 Å². The largest absolute Gasteiger partial charge is 0.514 e. The van der Waals surface area contributed by atoms with Gasteiger partial charge in [0.25, 0.3) is 0 Å². The molecule has 2 aromatic carbocycles. The minimum atomic E-state index is -0.714. The van der Waals surface area contributed by atoms with Crippen LogP contribution in [-0.2, 0) is 11.2 Å². The van der Waals surface area contributed by atoms with Crippen LogP contribution in [0.5, 0.6) is 5.75 Å². The van der Waals surface area contributed by atoms with Crippen molar-refractivity contribution in [3.8, 4) is 28.3 Å². The molecule has 0 saturated heterocycles. The van der Waals surface area contributed by atoms with Gasteiger partial charge in [0, 0.05) is 5.56 Å². The minimum absolute atomic E-state index is 0.179. The van der Waals surface area contributed by atoms with E-state index in [4.69, 9.17) is 9.47 Å². The third-order valence-corrected chi connectivity index (χ3v) is 6.60. The van der Waals surface area contributed by atoms with E-state index in [2.05, 4.69) is 54.1 Å². The zero-order valence-corrected chi connectivity index (χ0v) is 22.7. The van der Waals surface area contributed by atoms with Gasteiger partial charge in [-0.25, -0.2) is 14.8 Å². The van der Waals surface area contributed by atoms with E-state index in [1.807, 2.05) is 25.1 Å². The molecule has 0 aliphatic heterocycles. The molecule has 0 aliphatic carbocycles. The van der Waals surface area contributed by atoms with Crippen LogP contribution in [0.25, 0.3) is 22.5 Å². The lowest BCUT2D eigenvalue weighted by Crippen LogP contribution is -2.18. The number of rotatable bonds is 15. The summed E-state index contributed by atoms with van der Waals surface area (Å²) in [6.45, 7) is 6.29. The van der Waals surface area contributed by atoms with Crippen LogP contribution in [0, 0.1) is 0 Å². The molecule has 5 heteroatoms. The van der Waals surface area contributed by atoms with Crippen LogP contribution >= 0.6 is 0 Å². The minimum Gasteiger partial charge on any atom is -0.431 e. The Balaban J connectivity index is 1.75. The number of hydrogen-bond donors (Lipinski definition) is 0. The third-order valence-electron chi connectivity index (χ3n) is 6.60. The van der Waals surface area contributed by atoms with Gasteiger partial charge in [-0.2, -0.15) is 0 Å². The summed E-state index contributed by atoms with van der Waals surface area (Å²) in [4.78, 5) is 21.4. The van der Waals surface area contributed by atoms with Gasteiger partial charge in [-0.05, 0) is 49.3 Å². The van der Waals surface area contributed by atoms with Gasteiger partial charge in [0.15, 0.2) is 11.6 Å². The summed E-state index contributed by atoms with van der Waals surface area (Å²) >= 11 is 0. The molecule has 1 aromatic heterocycles. The van der Waals surface area contributed by atoms with Crippen LogP contribution < -0.4 is 4.74 Å². The fourth-order valence-electron chi connectivity index (χ4n) is 4.55. The zero-order chi connectivity index (χ0) is 26.3. The standard InChI is InChI=1S/C32H42N2O3/c1-4-6-8-9-10-13-20-27-21-16-22-29(26-18-14-11-15-19-26)30(27)31-33-23-28(24-34-31)37-32(35)36-25(3)17-12-7-5-2/h11,14-16,18-19,21-25H,4-10,12-13,17,20H2,1-3H3/t25-/m0/s1. The Kier molecular flexibility index (Phi) is 12.1. The van der Waals surface area contributed by atoms with Crippen LogP contribution in [0.4, 0.5) is 4.79 Å². The van der Waals surface area contributed by atoms with E-state index < -0.39 is 6.16 Å². The molecule has 0 aliphatic rings. The summed E-state index contributed by atoms with van der Waals surface area (Å²) in [5.41, 5.74) is 4.52. The summed E-state index contributed by atoms with van der Waals surface area (Å²) in [6, 6.07) is 16.8. The maximum atomic E-state index is 12.2. The van der Waals surface area contributed by atoms with Crippen molar-refractivity contribution in [1.82, 2.24) is 9.97 Å². The average Bonchev–Trinajstić information content (AvgIpc) is 2.91. The zero-order valence-electron chi connectivity index (χ0n) is 22.7. The van der Waals surface area contributed by atoms with Crippen molar-refractivity contribution in [3.63, 3.8) is 0 Å². The van der Waals surface area contributed by atoms with Crippen molar-refractivity contribution in [3.05, 3.63) is 66.5 Å². The number of aryl methyl sites for hydroxylation is 1. The highest BCUT2D eigenvalue weighted by atomic mass is 16.7. The van der Waals surface area contributed by atoms with E-state index in [0.717, 1.165) is 55.2 Å². The van der Waals surface area contributed by atoms with E-state index in [-0.39, 0.29) is 11.9 Å². The molecule has 0 radical (unpaired) electrons. The first-order valence-electron chi connectivity index (χ1n) is 14.0. The Morgan fingerprint density at radius 3 is 2.22 bits per heavy atom. The van der Waals surface area contributed by atoms with Gasteiger partial charge in [0.1, 0.15) is 6.10 Å². The Morgan fingerprint density at radius 1 is 0.811 bits per heavy atom. The fraction of sp³-hybridized carbons (Fsp3) is 0.469. The molecular weight excluding hydrogens is 460 g/mol. The smallest absolute Gasteiger partial charge is 0.431 e. The molecule has 3 aromatic rings. The summed E-state index contributed by atoms with van der Waals surface area (Å²) in [5.74, 6) is 0.915. The van der Waals surface area contributed by atoms with Crippen LogP contribution in [0.3, 0.4) is 0 Å². The second-order valence-electron chi connectivity index (χ2n) is 9.74. The van der Waals surface area contributed by atoms with E-state index in [0.29, 0.717) is 5.82 Å². The number of ether oxygens (including phenoxy) is 2. The number of benzene rings is 2. The van der Waals surface area contributed by atoms with E-state index in [1.54, 1.807) is 12.4 Å². The van der Waals surface area contributed by atoms with Gasteiger partial charge < -0.3 is 9.47 Å². The molecule has 37 heavy (non-hydrogen) atoms. The molecule has 0 unspecified atom stereocenters. The first-order valence-corrected chi connectivity index (χ1v) is 14.0. The highest BCUT2D eigenvalue weighted by Crippen LogP contribution is 2.34. The molecule has 0 amide bonds. The highest BCUT2D eigenvalue weighted by Gasteiger charge is 2.16. The van der Waals surface area contributed by atoms with Gasteiger partial charge in [0.2, 0.25) is 0 Å². The van der Waals surface area contributed by atoms with Crippen molar-refractivity contribution < 1.29 is 14.3 Å².